The van der Waals surface area contributed by atoms with E-state index in [1.165, 1.54) is 34.4 Å². The van der Waals surface area contributed by atoms with Crippen molar-refractivity contribution in [3.8, 4) is 17.6 Å². The van der Waals surface area contributed by atoms with Crippen LogP contribution in [0.2, 0.25) is 0 Å². The summed E-state index contributed by atoms with van der Waals surface area (Å²) in [6.45, 7) is 8.51. The van der Waals surface area contributed by atoms with Crippen LogP contribution >= 0.6 is 11.3 Å². The second-order valence-corrected chi connectivity index (χ2v) is 12.1. The number of aryl methyl sites for hydroxylation is 1. The van der Waals surface area contributed by atoms with Gasteiger partial charge in [-0.1, -0.05) is 45.9 Å². The molecule has 2 aromatic carbocycles. The van der Waals surface area contributed by atoms with Gasteiger partial charge >= 0.3 is 5.69 Å². The maximum Gasteiger partial charge on any atom is 0.312 e. The Balaban J connectivity index is 1.47. The number of nitrogens with zero attached hydrogens (tertiary/aromatic N) is 3. The average Bonchev–Trinajstić information content (AvgIpc) is 3.25. The molecular formula is C30H28N4O4S. The predicted molar refractivity (Wildman–Crippen MR) is 153 cm³/mol. The van der Waals surface area contributed by atoms with E-state index in [0.717, 1.165) is 30.4 Å². The van der Waals surface area contributed by atoms with Crippen LogP contribution in [0.4, 0.5) is 5.69 Å². The van der Waals surface area contributed by atoms with Gasteiger partial charge in [0.2, 0.25) is 5.75 Å². The molecule has 9 heteroatoms. The van der Waals surface area contributed by atoms with Crippen molar-refractivity contribution < 1.29 is 9.66 Å². The molecule has 8 nitrogen and oxygen atoms in total. The van der Waals surface area contributed by atoms with Gasteiger partial charge in [-0.25, -0.2) is 4.98 Å². The summed E-state index contributed by atoms with van der Waals surface area (Å²) in [4.78, 5) is 33.5. The third-order valence-corrected chi connectivity index (χ3v) is 8.13. The van der Waals surface area contributed by atoms with Crippen molar-refractivity contribution in [1.29, 1.82) is 5.26 Å². The van der Waals surface area contributed by atoms with Crippen molar-refractivity contribution in [2.75, 3.05) is 0 Å². The van der Waals surface area contributed by atoms with Crippen LogP contribution in [-0.2, 0) is 18.3 Å². The molecule has 39 heavy (non-hydrogen) atoms. The second kappa shape index (κ2) is 10.1. The van der Waals surface area contributed by atoms with E-state index in [1.54, 1.807) is 18.2 Å². The standard InChI is InChI=1S/C30H28N4O4S/c1-17-5-11-22-25(13-17)39-29-26(22)28(35)32-27(33-29)19(16-31)14-18-6-12-24(23(15-18)34(36)37)38-21-9-7-20(8-10-21)30(2,3)4/h6-10,12,14-15,17H,5,11,13H2,1-4H3,(H,32,33,35)/b19-14+. The van der Waals surface area contributed by atoms with Crippen LogP contribution < -0.4 is 10.3 Å². The molecule has 0 radical (unpaired) electrons. The number of ether oxygens (including phenoxy) is 1. The zero-order chi connectivity index (χ0) is 27.9. The Morgan fingerprint density at radius 1 is 1.26 bits per heavy atom. The van der Waals surface area contributed by atoms with Crippen LogP contribution in [0, 0.1) is 27.4 Å². The number of hydrogen-bond donors (Lipinski definition) is 1. The Kier molecular flexibility index (Phi) is 6.83. The number of nitriles is 1. The summed E-state index contributed by atoms with van der Waals surface area (Å²) in [6, 6.07) is 14.0. The molecule has 2 heterocycles. The number of thiophene rings is 1. The van der Waals surface area contributed by atoms with Crippen LogP contribution in [0.25, 0.3) is 21.9 Å². The summed E-state index contributed by atoms with van der Waals surface area (Å²) in [5.74, 6) is 1.27. The largest absolute Gasteiger partial charge is 0.450 e. The monoisotopic (exact) mass is 540 g/mol. The molecule has 4 aromatic rings. The van der Waals surface area contributed by atoms with Crippen LogP contribution in [-0.4, -0.2) is 14.9 Å². The molecule has 1 aliphatic rings. The van der Waals surface area contributed by atoms with E-state index in [-0.39, 0.29) is 33.8 Å². The lowest BCUT2D eigenvalue weighted by molar-refractivity contribution is -0.385. The number of nitro groups is 1. The number of rotatable bonds is 5. The summed E-state index contributed by atoms with van der Waals surface area (Å²) in [5, 5.41) is 22.3. The smallest absolute Gasteiger partial charge is 0.312 e. The van der Waals surface area contributed by atoms with Gasteiger partial charge in [0.15, 0.2) is 5.82 Å². The molecule has 0 fully saturated rings. The molecule has 1 aliphatic carbocycles. The number of nitrogens with one attached hydrogen (secondary N) is 1. The summed E-state index contributed by atoms with van der Waals surface area (Å²) in [7, 11) is 0. The van der Waals surface area contributed by atoms with E-state index >= 15 is 0 Å². The second-order valence-electron chi connectivity index (χ2n) is 11.0. The molecule has 2 aromatic heterocycles. The Bertz CT molecular complexity index is 1720. The van der Waals surface area contributed by atoms with Gasteiger partial charge in [0.25, 0.3) is 5.56 Å². The fourth-order valence-corrected chi connectivity index (χ4v) is 6.18. The Hall–Kier alpha value is -4.29. The molecule has 0 amide bonds. The summed E-state index contributed by atoms with van der Waals surface area (Å²) in [6.07, 6.45) is 4.28. The third-order valence-electron chi connectivity index (χ3n) is 6.98. The molecular weight excluding hydrogens is 512 g/mol. The Labute approximate surface area is 229 Å². The highest BCUT2D eigenvalue weighted by Crippen LogP contribution is 2.37. The van der Waals surface area contributed by atoms with Crippen molar-refractivity contribution in [3.05, 3.63) is 90.3 Å². The minimum atomic E-state index is -0.522. The van der Waals surface area contributed by atoms with E-state index in [1.807, 2.05) is 12.1 Å². The molecule has 0 saturated heterocycles. The number of allylic oxidation sites excluding steroid dienone is 1. The predicted octanol–water partition coefficient (Wildman–Crippen LogP) is 7.17. The fourth-order valence-electron chi connectivity index (χ4n) is 4.80. The molecule has 0 spiro atoms. The first-order chi connectivity index (χ1) is 18.5. The zero-order valence-electron chi connectivity index (χ0n) is 22.2. The summed E-state index contributed by atoms with van der Waals surface area (Å²) < 4.78 is 5.83. The minimum absolute atomic E-state index is 0.0257. The van der Waals surface area contributed by atoms with E-state index < -0.39 is 4.92 Å². The lowest BCUT2D eigenvalue weighted by Crippen LogP contribution is -2.14. The number of hydrogen-bond acceptors (Lipinski definition) is 7. The van der Waals surface area contributed by atoms with E-state index in [9.17, 15) is 20.2 Å². The van der Waals surface area contributed by atoms with Gasteiger partial charge in [0.1, 0.15) is 16.6 Å². The topological polar surface area (TPSA) is 122 Å². The van der Waals surface area contributed by atoms with Crippen molar-refractivity contribution in [2.45, 2.75) is 52.4 Å². The van der Waals surface area contributed by atoms with E-state index in [4.69, 9.17) is 4.74 Å². The summed E-state index contributed by atoms with van der Waals surface area (Å²) in [5.41, 5.74) is 2.17. The first kappa shape index (κ1) is 26.3. The van der Waals surface area contributed by atoms with Gasteiger partial charge in [0, 0.05) is 10.9 Å². The van der Waals surface area contributed by atoms with Crippen LogP contribution in [0.3, 0.4) is 0 Å². The SMILES string of the molecule is CC1CCc2c(sc3nc(/C(C#N)=C/c4ccc(Oc5ccc(C(C)(C)C)cc5)c([N+](=O)[O-])c4)[nH]c(=O)c23)C1. The number of H-pyrrole nitrogens is 1. The highest BCUT2D eigenvalue weighted by molar-refractivity contribution is 7.18. The van der Waals surface area contributed by atoms with Crippen molar-refractivity contribution in [1.82, 2.24) is 9.97 Å². The normalized spacial score (nSPS) is 15.6. The van der Waals surface area contributed by atoms with Crippen molar-refractivity contribution in [3.63, 3.8) is 0 Å². The first-order valence-electron chi connectivity index (χ1n) is 12.8. The lowest BCUT2D eigenvalue weighted by Gasteiger charge is -2.19. The molecule has 0 aliphatic heterocycles. The highest BCUT2D eigenvalue weighted by Gasteiger charge is 2.24. The molecule has 1 atom stereocenters. The maximum atomic E-state index is 13.0. The highest BCUT2D eigenvalue weighted by atomic mass is 32.1. The van der Waals surface area contributed by atoms with Crippen LogP contribution in [0.1, 0.15) is 61.5 Å². The van der Waals surface area contributed by atoms with E-state index in [0.29, 0.717) is 27.4 Å². The Morgan fingerprint density at radius 3 is 2.67 bits per heavy atom. The quantitative estimate of drug-likeness (QED) is 0.163. The van der Waals surface area contributed by atoms with Gasteiger partial charge in [-0.05, 0) is 71.6 Å². The number of aromatic nitrogens is 2. The average molecular weight is 541 g/mol. The third kappa shape index (κ3) is 5.33. The van der Waals surface area contributed by atoms with Gasteiger partial charge in [-0.3, -0.25) is 14.9 Å². The summed E-state index contributed by atoms with van der Waals surface area (Å²) >= 11 is 1.50. The number of benzene rings is 2. The maximum absolute atomic E-state index is 13.0. The fraction of sp³-hybridized carbons (Fsp3) is 0.300. The van der Waals surface area contributed by atoms with Crippen molar-refractivity contribution >= 4 is 38.9 Å². The molecule has 1 N–H and O–H groups in total. The molecule has 0 saturated carbocycles. The number of nitro benzene ring substituents is 1. The first-order valence-corrected chi connectivity index (χ1v) is 13.6. The number of aromatic amines is 1. The minimum Gasteiger partial charge on any atom is -0.450 e. The van der Waals surface area contributed by atoms with Crippen LogP contribution in [0.15, 0.2) is 47.3 Å². The van der Waals surface area contributed by atoms with Gasteiger partial charge in [-0.2, -0.15) is 5.26 Å². The van der Waals surface area contributed by atoms with Crippen molar-refractivity contribution in [2.24, 2.45) is 5.92 Å². The molecule has 5 rings (SSSR count). The van der Waals surface area contributed by atoms with Crippen LogP contribution in [0.5, 0.6) is 11.5 Å². The lowest BCUT2D eigenvalue weighted by atomic mass is 9.87. The van der Waals surface area contributed by atoms with Gasteiger partial charge < -0.3 is 9.72 Å². The van der Waals surface area contributed by atoms with Gasteiger partial charge in [0.05, 0.1) is 15.9 Å². The van der Waals surface area contributed by atoms with Gasteiger partial charge in [-0.15, -0.1) is 11.3 Å². The number of fused-ring (bicyclic) bond motifs is 3. The zero-order valence-corrected chi connectivity index (χ0v) is 23.0. The Morgan fingerprint density at radius 2 is 2.00 bits per heavy atom. The molecule has 198 valence electrons. The molecule has 0 bridgehead atoms. The van der Waals surface area contributed by atoms with E-state index in [2.05, 4.69) is 43.7 Å². The molecule has 1 unspecified atom stereocenters.